The number of nitrogens with one attached hydrogen (secondary N) is 2. The predicted molar refractivity (Wildman–Crippen MR) is 144 cm³/mol. The van der Waals surface area contributed by atoms with Crippen LogP contribution < -0.4 is 10.6 Å². The number of rotatable bonds is 7. The number of carbonyl (C=O) groups is 2. The van der Waals surface area contributed by atoms with Crippen molar-refractivity contribution in [2.75, 3.05) is 18.4 Å². The average Bonchev–Trinajstić information content (AvgIpc) is 3.23. The summed E-state index contributed by atoms with van der Waals surface area (Å²) in [6, 6.07) is 19.1. The van der Waals surface area contributed by atoms with Gasteiger partial charge in [0.15, 0.2) is 0 Å². The van der Waals surface area contributed by atoms with Crippen LogP contribution in [0.1, 0.15) is 65.2 Å². The molecule has 2 N–H and O–H groups in total. The number of fused-ring (bicyclic) bond motifs is 1. The number of halogens is 1. The van der Waals surface area contributed by atoms with E-state index in [9.17, 15) is 14.0 Å². The highest BCUT2D eigenvalue weighted by Gasteiger charge is 2.30. The maximum atomic E-state index is 13.2. The lowest BCUT2D eigenvalue weighted by Gasteiger charge is -2.26. The number of benzene rings is 3. The zero-order chi connectivity index (χ0) is 25.8. The van der Waals surface area contributed by atoms with E-state index >= 15 is 0 Å². The van der Waals surface area contributed by atoms with Gasteiger partial charge in [0.05, 0.1) is 11.7 Å². The van der Waals surface area contributed by atoms with E-state index < -0.39 is 5.92 Å². The number of carbonyl (C=O) groups excluding carboxylic acids is 2. The van der Waals surface area contributed by atoms with Gasteiger partial charge in [-0.05, 0) is 85.9 Å². The number of anilines is 1. The Hall–Kier alpha value is -3.84. The Labute approximate surface area is 216 Å². The highest BCUT2D eigenvalue weighted by atomic mass is 19.1. The van der Waals surface area contributed by atoms with Crippen molar-refractivity contribution in [2.24, 2.45) is 4.99 Å². The van der Waals surface area contributed by atoms with Gasteiger partial charge >= 0.3 is 0 Å². The van der Waals surface area contributed by atoms with Crippen LogP contribution in [0.5, 0.6) is 0 Å². The molecule has 0 bridgehead atoms. The first-order valence-corrected chi connectivity index (χ1v) is 12.8. The van der Waals surface area contributed by atoms with Gasteiger partial charge in [0, 0.05) is 24.0 Å². The van der Waals surface area contributed by atoms with Gasteiger partial charge in [-0.2, -0.15) is 0 Å². The first kappa shape index (κ1) is 24.8. The van der Waals surface area contributed by atoms with E-state index in [1.807, 2.05) is 19.1 Å². The zero-order valence-corrected chi connectivity index (χ0v) is 20.9. The monoisotopic (exact) mass is 498 g/mol. The molecule has 7 heteroatoms. The van der Waals surface area contributed by atoms with Crippen molar-refractivity contribution in [3.05, 3.63) is 94.8 Å². The van der Waals surface area contributed by atoms with Gasteiger partial charge in [-0.25, -0.2) is 4.39 Å². The summed E-state index contributed by atoms with van der Waals surface area (Å²) in [6.07, 6.45) is 5.54. The van der Waals surface area contributed by atoms with Crippen LogP contribution in [0, 0.1) is 5.82 Å². The number of amides is 2. The third-order valence-corrected chi connectivity index (χ3v) is 7.07. The SMILES string of the molecule is CC(NC(=O)c1ccc2c(c1)NC(=O)C2C=Nc1ccc(CN2CCCCC2)cc1)c1ccc(F)cc1. The largest absolute Gasteiger partial charge is 0.346 e. The third-order valence-electron chi connectivity index (χ3n) is 7.07. The van der Waals surface area contributed by atoms with Gasteiger partial charge in [-0.1, -0.05) is 36.8 Å². The Bertz CT molecular complexity index is 1300. The Kier molecular flexibility index (Phi) is 7.42. The summed E-state index contributed by atoms with van der Waals surface area (Å²) in [5, 5.41) is 5.79. The minimum absolute atomic E-state index is 0.169. The fraction of sp³-hybridized carbons (Fsp3) is 0.300. The fourth-order valence-corrected chi connectivity index (χ4v) is 4.92. The second kappa shape index (κ2) is 11.0. The topological polar surface area (TPSA) is 73.8 Å². The lowest BCUT2D eigenvalue weighted by Crippen LogP contribution is -2.28. The lowest BCUT2D eigenvalue weighted by molar-refractivity contribution is -0.115. The molecular weight excluding hydrogens is 467 g/mol. The van der Waals surface area contributed by atoms with Gasteiger partial charge in [-0.3, -0.25) is 19.5 Å². The van der Waals surface area contributed by atoms with Gasteiger partial charge < -0.3 is 10.6 Å². The molecule has 190 valence electrons. The maximum absolute atomic E-state index is 13.2. The number of aliphatic imine (C=N–C) groups is 1. The molecule has 2 heterocycles. The summed E-state index contributed by atoms with van der Waals surface area (Å²) in [5.74, 6) is -1.27. The summed E-state index contributed by atoms with van der Waals surface area (Å²) in [4.78, 5) is 32.5. The van der Waals surface area contributed by atoms with Crippen molar-refractivity contribution in [3.63, 3.8) is 0 Å². The maximum Gasteiger partial charge on any atom is 0.251 e. The van der Waals surface area contributed by atoms with E-state index in [-0.39, 0.29) is 23.7 Å². The molecule has 2 atom stereocenters. The molecule has 6 nitrogen and oxygen atoms in total. The Morgan fingerprint density at radius 1 is 1.08 bits per heavy atom. The molecule has 37 heavy (non-hydrogen) atoms. The predicted octanol–water partition coefficient (Wildman–Crippen LogP) is 5.74. The quantitative estimate of drug-likeness (QED) is 0.408. The second-order valence-corrected chi connectivity index (χ2v) is 9.80. The summed E-state index contributed by atoms with van der Waals surface area (Å²) in [5.41, 5.74) is 4.72. The number of hydrogen-bond donors (Lipinski definition) is 2. The summed E-state index contributed by atoms with van der Waals surface area (Å²) in [7, 11) is 0. The van der Waals surface area contributed by atoms with E-state index in [1.165, 1.54) is 37.0 Å². The van der Waals surface area contributed by atoms with E-state index in [0.717, 1.165) is 36.4 Å². The molecule has 0 radical (unpaired) electrons. The zero-order valence-electron chi connectivity index (χ0n) is 20.9. The van der Waals surface area contributed by atoms with Crippen molar-refractivity contribution in [1.82, 2.24) is 10.2 Å². The first-order valence-electron chi connectivity index (χ1n) is 12.8. The fourth-order valence-electron chi connectivity index (χ4n) is 4.92. The van der Waals surface area contributed by atoms with Crippen LogP contribution in [0.3, 0.4) is 0 Å². The van der Waals surface area contributed by atoms with Crippen molar-refractivity contribution in [1.29, 1.82) is 0 Å². The highest BCUT2D eigenvalue weighted by Crippen LogP contribution is 2.33. The summed E-state index contributed by atoms with van der Waals surface area (Å²) >= 11 is 0. The molecule has 0 aromatic heterocycles. The Balaban J connectivity index is 1.22. The minimum atomic E-state index is -0.515. The highest BCUT2D eigenvalue weighted by molar-refractivity contribution is 6.13. The van der Waals surface area contributed by atoms with Crippen molar-refractivity contribution in [3.8, 4) is 0 Å². The smallest absolute Gasteiger partial charge is 0.251 e. The van der Waals surface area contributed by atoms with Crippen LogP contribution in [0.4, 0.5) is 15.8 Å². The first-order chi connectivity index (χ1) is 18.0. The minimum Gasteiger partial charge on any atom is -0.346 e. The average molecular weight is 499 g/mol. The second-order valence-electron chi connectivity index (χ2n) is 9.80. The van der Waals surface area contributed by atoms with Crippen LogP contribution in [0.15, 0.2) is 71.7 Å². The van der Waals surface area contributed by atoms with Crippen LogP contribution in [-0.2, 0) is 11.3 Å². The van der Waals surface area contributed by atoms with E-state index in [2.05, 4.69) is 32.7 Å². The lowest BCUT2D eigenvalue weighted by atomic mass is 10.00. The van der Waals surface area contributed by atoms with Crippen molar-refractivity contribution in [2.45, 2.75) is 44.7 Å². The van der Waals surface area contributed by atoms with E-state index in [4.69, 9.17) is 0 Å². The molecule has 5 rings (SSSR count). The molecule has 2 aliphatic rings. The van der Waals surface area contributed by atoms with E-state index in [0.29, 0.717) is 11.3 Å². The standard InChI is InChI=1S/C30H31FN4O2/c1-20(22-7-10-24(31)11-8-22)33-29(36)23-9-14-26-27(30(37)34-28(26)17-23)18-32-25-12-5-21(6-13-25)19-35-15-3-2-4-16-35/h5-14,17-18,20,27H,2-4,15-16,19H2,1H3,(H,33,36)(H,34,37). The van der Waals surface area contributed by atoms with Gasteiger partial charge in [0.25, 0.3) is 5.91 Å². The molecule has 0 aliphatic carbocycles. The summed E-state index contributed by atoms with van der Waals surface area (Å²) in [6.45, 7) is 5.12. The van der Waals surface area contributed by atoms with Crippen molar-refractivity contribution >= 4 is 29.4 Å². The molecule has 2 aliphatic heterocycles. The molecular formula is C30H31FN4O2. The van der Waals surface area contributed by atoms with Crippen LogP contribution in [0.25, 0.3) is 0 Å². The molecule has 0 spiro atoms. The molecule has 0 saturated carbocycles. The number of nitrogens with zero attached hydrogens (tertiary/aromatic N) is 2. The number of likely N-dealkylation sites (tertiary alicyclic amines) is 1. The Morgan fingerprint density at radius 3 is 2.54 bits per heavy atom. The normalized spacial score (nSPS) is 18.4. The molecule has 1 saturated heterocycles. The van der Waals surface area contributed by atoms with Crippen molar-refractivity contribution < 1.29 is 14.0 Å². The van der Waals surface area contributed by atoms with Gasteiger partial charge in [-0.15, -0.1) is 0 Å². The number of piperidine rings is 1. The third kappa shape index (κ3) is 5.94. The molecule has 3 aromatic carbocycles. The molecule has 2 unspecified atom stereocenters. The van der Waals surface area contributed by atoms with Crippen LogP contribution in [-0.4, -0.2) is 36.0 Å². The molecule has 2 amide bonds. The van der Waals surface area contributed by atoms with Gasteiger partial charge in [0.2, 0.25) is 5.91 Å². The molecule has 3 aromatic rings. The summed E-state index contributed by atoms with van der Waals surface area (Å²) < 4.78 is 13.2. The Morgan fingerprint density at radius 2 is 1.81 bits per heavy atom. The molecule has 1 fully saturated rings. The van der Waals surface area contributed by atoms with E-state index in [1.54, 1.807) is 36.5 Å². The van der Waals surface area contributed by atoms with Crippen LogP contribution in [0.2, 0.25) is 0 Å². The number of hydrogen-bond acceptors (Lipinski definition) is 4. The van der Waals surface area contributed by atoms with Gasteiger partial charge in [0.1, 0.15) is 11.7 Å². The van der Waals surface area contributed by atoms with Crippen LogP contribution >= 0.6 is 0 Å².